The van der Waals surface area contributed by atoms with Crippen LogP contribution in [0.3, 0.4) is 0 Å². The van der Waals surface area contributed by atoms with Gasteiger partial charge in [0.1, 0.15) is 30.8 Å². The van der Waals surface area contributed by atoms with Gasteiger partial charge >= 0.3 is 0 Å². The van der Waals surface area contributed by atoms with Crippen molar-refractivity contribution < 1.29 is 9.47 Å². The number of nitriles is 1. The van der Waals surface area contributed by atoms with Gasteiger partial charge in [0.25, 0.3) is 0 Å². The number of ether oxygens (including phenoxy) is 2. The molecule has 0 bridgehead atoms. The molecule has 0 atom stereocenters. The van der Waals surface area contributed by atoms with Gasteiger partial charge in [-0.15, -0.1) is 0 Å². The van der Waals surface area contributed by atoms with Crippen molar-refractivity contribution >= 4 is 0 Å². The summed E-state index contributed by atoms with van der Waals surface area (Å²) in [5.41, 5.74) is 2.89. The molecule has 0 amide bonds. The largest absolute Gasteiger partial charge is 0.490 e. The Bertz CT molecular complexity index is 609. The van der Waals surface area contributed by atoms with E-state index >= 15 is 0 Å². The molecule has 102 valence electrons. The van der Waals surface area contributed by atoms with E-state index in [1.165, 1.54) is 11.1 Å². The van der Waals surface area contributed by atoms with Crippen LogP contribution in [-0.2, 0) is 0 Å². The summed E-state index contributed by atoms with van der Waals surface area (Å²) in [6, 6.07) is 15.4. The Morgan fingerprint density at radius 1 is 0.950 bits per heavy atom. The molecule has 0 aliphatic rings. The molecule has 0 aliphatic carbocycles. The van der Waals surface area contributed by atoms with Crippen LogP contribution in [0.4, 0.5) is 0 Å². The summed E-state index contributed by atoms with van der Waals surface area (Å²) >= 11 is 0. The summed E-state index contributed by atoms with van der Waals surface area (Å²) in [5, 5.41) is 8.95. The van der Waals surface area contributed by atoms with E-state index < -0.39 is 0 Å². The van der Waals surface area contributed by atoms with Crippen molar-refractivity contribution in [2.45, 2.75) is 13.8 Å². The van der Waals surface area contributed by atoms with Gasteiger partial charge in [-0.05, 0) is 49.2 Å². The minimum absolute atomic E-state index is 0.408. The summed E-state index contributed by atoms with van der Waals surface area (Å²) in [4.78, 5) is 0. The van der Waals surface area contributed by atoms with E-state index in [0.29, 0.717) is 24.5 Å². The van der Waals surface area contributed by atoms with Gasteiger partial charge < -0.3 is 9.47 Å². The summed E-state index contributed by atoms with van der Waals surface area (Å²) < 4.78 is 11.2. The Balaban J connectivity index is 1.86. The zero-order valence-corrected chi connectivity index (χ0v) is 11.7. The molecule has 0 aromatic heterocycles. The topological polar surface area (TPSA) is 42.2 Å². The highest BCUT2D eigenvalue weighted by Crippen LogP contribution is 2.18. The van der Waals surface area contributed by atoms with Crippen molar-refractivity contribution in [3.05, 3.63) is 59.2 Å². The first-order valence-corrected chi connectivity index (χ1v) is 6.52. The highest BCUT2D eigenvalue weighted by Gasteiger charge is 2.02. The van der Waals surface area contributed by atoms with Crippen LogP contribution in [0.1, 0.15) is 16.7 Å². The van der Waals surface area contributed by atoms with Crippen molar-refractivity contribution in [3.8, 4) is 17.6 Å². The summed E-state index contributed by atoms with van der Waals surface area (Å²) in [7, 11) is 0. The highest BCUT2D eigenvalue weighted by molar-refractivity contribution is 5.42. The predicted molar refractivity (Wildman–Crippen MR) is 78.1 cm³/mol. The van der Waals surface area contributed by atoms with E-state index in [4.69, 9.17) is 14.7 Å². The minimum atomic E-state index is 0.408. The molecule has 0 unspecified atom stereocenters. The van der Waals surface area contributed by atoms with E-state index in [9.17, 15) is 0 Å². The number of rotatable bonds is 5. The second-order valence-corrected chi connectivity index (χ2v) is 4.63. The molecule has 20 heavy (non-hydrogen) atoms. The van der Waals surface area contributed by atoms with Crippen LogP contribution in [0.5, 0.6) is 11.5 Å². The molecular formula is C17H17NO2. The van der Waals surface area contributed by atoms with Gasteiger partial charge in [0.2, 0.25) is 0 Å². The van der Waals surface area contributed by atoms with Crippen LogP contribution in [-0.4, -0.2) is 13.2 Å². The summed E-state index contributed by atoms with van der Waals surface area (Å²) in [6.07, 6.45) is 0. The maximum absolute atomic E-state index is 8.95. The van der Waals surface area contributed by atoms with Crippen LogP contribution in [0, 0.1) is 25.2 Å². The Morgan fingerprint density at radius 2 is 1.60 bits per heavy atom. The van der Waals surface area contributed by atoms with Gasteiger partial charge in [0.15, 0.2) is 0 Å². The van der Waals surface area contributed by atoms with Crippen molar-refractivity contribution in [1.29, 1.82) is 5.26 Å². The van der Waals surface area contributed by atoms with E-state index in [-0.39, 0.29) is 0 Å². The molecule has 2 aromatic carbocycles. The molecule has 0 heterocycles. The number of para-hydroxylation sites is 1. The predicted octanol–water partition coefficient (Wildman–Crippen LogP) is 3.63. The van der Waals surface area contributed by atoms with Crippen LogP contribution < -0.4 is 9.47 Å². The van der Waals surface area contributed by atoms with Crippen LogP contribution in [0.2, 0.25) is 0 Å². The maximum atomic E-state index is 8.95. The van der Waals surface area contributed by atoms with E-state index in [1.807, 2.05) is 38.1 Å². The minimum Gasteiger partial charge on any atom is -0.490 e. The molecule has 0 N–H and O–H groups in total. The van der Waals surface area contributed by atoms with Gasteiger partial charge in [-0.3, -0.25) is 0 Å². The Kier molecular flexibility index (Phi) is 4.62. The summed E-state index contributed by atoms with van der Waals surface area (Å²) in [5.74, 6) is 1.44. The van der Waals surface area contributed by atoms with Gasteiger partial charge in [0.05, 0.1) is 5.56 Å². The number of nitrogens with zero attached hydrogens (tertiary/aromatic N) is 1. The number of benzene rings is 2. The van der Waals surface area contributed by atoms with Gasteiger partial charge in [-0.1, -0.05) is 18.2 Å². The zero-order chi connectivity index (χ0) is 14.4. The third-order valence-electron chi connectivity index (χ3n) is 2.81. The first-order chi connectivity index (χ1) is 9.69. The quantitative estimate of drug-likeness (QED) is 0.777. The third kappa shape index (κ3) is 3.76. The van der Waals surface area contributed by atoms with Crippen molar-refractivity contribution in [1.82, 2.24) is 0 Å². The molecule has 0 fully saturated rings. The zero-order valence-electron chi connectivity index (χ0n) is 11.7. The molecule has 0 radical (unpaired) electrons. The number of hydrogen-bond acceptors (Lipinski definition) is 3. The molecule has 2 rings (SSSR count). The molecule has 2 aromatic rings. The molecule has 3 heteroatoms. The molecular weight excluding hydrogens is 250 g/mol. The molecule has 0 spiro atoms. The molecule has 0 saturated carbocycles. The van der Waals surface area contributed by atoms with Crippen LogP contribution in [0.15, 0.2) is 42.5 Å². The van der Waals surface area contributed by atoms with Crippen molar-refractivity contribution in [2.24, 2.45) is 0 Å². The number of aryl methyl sites for hydroxylation is 2. The van der Waals surface area contributed by atoms with Gasteiger partial charge in [-0.25, -0.2) is 0 Å². The molecule has 3 nitrogen and oxygen atoms in total. The fraction of sp³-hybridized carbons (Fsp3) is 0.235. The highest BCUT2D eigenvalue weighted by atomic mass is 16.5. The lowest BCUT2D eigenvalue weighted by atomic mass is 10.1. The third-order valence-corrected chi connectivity index (χ3v) is 2.81. The Morgan fingerprint density at radius 3 is 2.30 bits per heavy atom. The average molecular weight is 267 g/mol. The van der Waals surface area contributed by atoms with Crippen LogP contribution in [0.25, 0.3) is 0 Å². The first kappa shape index (κ1) is 14.0. The first-order valence-electron chi connectivity index (χ1n) is 6.52. The second-order valence-electron chi connectivity index (χ2n) is 4.63. The van der Waals surface area contributed by atoms with E-state index in [2.05, 4.69) is 12.1 Å². The monoisotopic (exact) mass is 267 g/mol. The number of hydrogen-bond donors (Lipinski definition) is 0. The van der Waals surface area contributed by atoms with E-state index in [0.717, 1.165) is 5.75 Å². The molecule has 0 saturated heterocycles. The van der Waals surface area contributed by atoms with Crippen LogP contribution >= 0.6 is 0 Å². The lowest BCUT2D eigenvalue weighted by Crippen LogP contribution is -2.09. The average Bonchev–Trinajstić information content (AvgIpc) is 2.43. The Hall–Kier alpha value is -2.47. The van der Waals surface area contributed by atoms with E-state index in [1.54, 1.807) is 12.1 Å². The van der Waals surface area contributed by atoms with Crippen molar-refractivity contribution in [2.75, 3.05) is 13.2 Å². The second kappa shape index (κ2) is 6.63. The normalized spacial score (nSPS) is 9.85. The van der Waals surface area contributed by atoms with Gasteiger partial charge in [-0.2, -0.15) is 5.26 Å². The smallest absolute Gasteiger partial charge is 0.137 e. The molecule has 0 aliphatic heterocycles. The Labute approximate surface area is 119 Å². The standard InChI is InChI=1S/C17H17NO2/c1-13-9-14(2)11-16(10-13)19-7-8-20-17-6-4-3-5-15(17)12-18/h3-6,9-11H,7-8H2,1-2H3. The summed E-state index contributed by atoms with van der Waals surface area (Å²) in [6.45, 7) is 4.94. The maximum Gasteiger partial charge on any atom is 0.137 e. The lowest BCUT2D eigenvalue weighted by molar-refractivity contribution is 0.216. The fourth-order valence-electron chi connectivity index (χ4n) is 2.01. The van der Waals surface area contributed by atoms with Crippen molar-refractivity contribution in [3.63, 3.8) is 0 Å². The van der Waals surface area contributed by atoms with Gasteiger partial charge in [0, 0.05) is 0 Å². The lowest BCUT2D eigenvalue weighted by Gasteiger charge is -2.10. The SMILES string of the molecule is Cc1cc(C)cc(OCCOc2ccccc2C#N)c1. The fourth-order valence-corrected chi connectivity index (χ4v) is 2.01.